The Balaban J connectivity index is 1.97. The van der Waals surface area contributed by atoms with Crippen molar-refractivity contribution in [3.8, 4) is 11.5 Å². The molecule has 0 saturated carbocycles. The first-order chi connectivity index (χ1) is 10.3. The van der Waals surface area contributed by atoms with E-state index in [9.17, 15) is 0 Å². The fourth-order valence-electron chi connectivity index (χ4n) is 2.55. The average molecular weight is 284 g/mol. The van der Waals surface area contributed by atoms with Crippen molar-refractivity contribution in [3.05, 3.63) is 53.6 Å². The predicted molar refractivity (Wildman–Crippen MR) is 81.0 cm³/mol. The summed E-state index contributed by atoms with van der Waals surface area (Å²) in [6.45, 7) is 1.01. The predicted octanol–water partition coefficient (Wildman–Crippen LogP) is 2.15. The first-order valence-electron chi connectivity index (χ1n) is 6.84. The Kier molecular flexibility index (Phi) is 4.13. The highest BCUT2D eigenvalue weighted by Crippen LogP contribution is 2.33. The summed E-state index contributed by atoms with van der Waals surface area (Å²) >= 11 is 0. The molecule has 21 heavy (non-hydrogen) atoms. The minimum absolute atomic E-state index is 0.459. The minimum atomic E-state index is -0.459. The number of fused-ring (bicyclic) bond motifs is 1. The smallest absolute Gasteiger partial charge is 0.519 e. The van der Waals surface area contributed by atoms with E-state index >= 15 is 0 Å². The number of methoxy groups -OCH3 is 2. The molecule has 1 aliphatic heterocycles. The number of para-hydroxylation sites is 2. The lowest BCUT2D eigenvalue weighted by molar-refractivity contribution is 0.181. The molecular weight excluding hydrogens is 267 g/mol. The van der Waals surface area contributed by atoms with Crippen LogP contribution >= 0.6 is 0 Å². The maximum atomic E-state index is 5.93. The van der Waals surface area contributed by atoms with Gasteiger partial charge in [0.05, 0.1) is 13.2 Å². The van der Waals surface area contributed by atoms with Crippen LogP contribution in [0.2, 0.25) is 0 Å². The van der Waals surface area contributed by atoms with E-state index in [0.717, 1.165) is 28.1 Å². The zero-order valence-corrected chi connectivity index (χ0v) is 12.2. The Morgan fingerprint density at radius 3 is 1.81 bits per heavy atom. The molecule has 4 nitrogen and oxygen atoms in total. The van der Waals surface area contributed by atoms with Gasteiger partial charge in [-0.25, -0.2) is 0 Å². The third-order valence-electron chi connectivity index (χ3n) is 3.44. The van der Waals surface area contributed by atoms with Crippen molar-refractivity contribution in [2.24, 2.45) is 0 Å². The van der Waals surface area contributed by atoms with Crippen molar-refractivity contribution >= 4 is 12.6 Å². The molecule has 0 aromatic heterocycles. The van der Waals surface area contributed by atoms with Crippen molar-refractivity contribution in [3.63, 3.8) is 0 Å². The second-order valence-electron chi connectivity index (χ2n) is 4.87. The Morgan fingerprint density at radius 2 is 1.33 bits per heavy atom. The van der Waals surface area contributed by atoms with Gasteiger partial charge in [-0.15, -0.1) is 0 Å². The van der Waals surface area contributed by atoms with E-state index in [1.807, 2.05) is 42.5 Å². The molecule has 2 aromatic carbocycles. The summed E-state index contributed by atoms with van der Waals surface area (Å²) < 4.78 is 22.4. The molecule has 0 amide bonds. The fraction of sp³-hybridized carbons (Fsp3) is 0.250. The third-order valence-corrected chi connectivity index (χ3v) is 3.44. The Bertz CT molecular complexity index is 580. The normalized spacial score (nSPS) is 12.8. The van der Waals surface area contributed by atoms with E-state index in [0.29, 0.717) is 13.2 Å². The average Bonchev–Trinajstić information content (AvgIpc) is 2.91. The summed E-state index contributed by atoms with van der Waals surface area (Å²) in [6.07, 6.45) is 0. The van der Waals surface area contributed by atoms with Gasteiger partial charge >= 0.3 is 7.12 Å². The van der Waals surface area contributed by atoms with Gasteiger partial charge in [0, 0.05) is 19.7 Å². The maximum absolute atomic E-state index is 5.93. The van der Waals surface area contributed by atoms with Crippen LogP contribution in [-0.2, 0) is 22.7 Å². The van der Waals surface area contributed by atoms with Crippen molar-refractivity contribution in [1.29, 1.82) is 0 Å². The maximum Gasteiger partial charge on any atom is 0.633 e. The molecule has 0 atom stereocenters. The summed E-state index contributed by atoms with van der Waals surface area (Å²) in [5, 5.41) is 0. The minimum Gasteiger partial charge on any atom is -0.519 e. The van der Waals surface area contributed by atoms with E-state index in [1.54, 1.807) is 14.2 Å². The van der Waals surface area contributed by atoms with E-state index in [4.69, 9.17) is 18.8 Å². The van der Waals surface area contributed by atoms with E-state index in [-0.39, 0.29) is 0 Å². The van der Waals surface area contributed by atoms with Crippen LogP contribution in [0.4, 0.5) is 0 Å². The molecule has 0 N–H and O–H groups in total. The van der Waals surface area contributed by atoms with Crippen LogP contribution in [0.3, 0.4) is 0 Å². The molecule has 0 saturated heterocycles. The molecule has 3 rings (SSSR count). The van der Waals surface area contributed by atoms with Crippen molar-refractivity contribution < 1.29 is 18.8 Å². The summed E-state index contributed by atoms with van der Waals surface area (Å²) in [4.78, 5) is 0. The van der Waals surface area contributed by atoms with Crippen LogP contribution in [0.5, 0.6) is 11.5 Å². The summed E-state index contributed by atoms with van der Waals surface area (Å²) in [6, 6.07) is 13.7. The molecule has 0 fully saturated rings. The molecule has 108 valence electrons. The van der Waals surface area contributed by atoms with Gasteiger partial charge in [0.25, 0.3) is 0 Å². The number of ether oxygens (including phenoxy) is 2. The topological polar surface area (TPSA) is 36.9 Å². The van der Waals surface area contributed by atoms with Crippen LogP contribution in [0, 0.1) is 0 Å². The van der Waals surface area contributed by atoms with Gasteiger partial charge in [0.1, 0.15) is 11.5 Å². The van der Waals surface area contributed by atoms with Crippen LogP contribution in [0.15, 0.2) is 42.5 Å². The van der Waals surface area contributed by atoms with E-state index < -0.39 is 7.12 Å². The molecule has 1 heterocycles. The standard InChI is InChI=1S/C16H17BO4/c1-18-10-12-6-5-7-13(11-19-2)16(12)17-20-14-8-3-4-9-15(14)21-17/h3-9H,10-11H2,1-2H3. The summed E-state index contributed by atoms with van der Waals surface area (Å²) in [5.74, 6) is 1.52. The summed E-state index contributed by atoms with van der Waals surface area (Å²) in [5.41, 5.74) is 3.08. The third kappa shape index (κ3) is 2.75. The Labute approximate surface area is 124 Å². The lowest BCUT2D eigenvalue weighted by Gasteiger charge is -2.15. The molecule has 1 aliphatic rings. The second kappa shape index (κ2) is 6.20. The van der Waals surface area contributed by atoms with Gasteiger partial charge in [0.15, 0.2) is 0 Å². The number of rotatable bonds is 5. The highest BCUT2D eigenvalue weighted by molar-refractivity contribution is 6.64. The number of benzene rings is 2. The zero-order valence-electron chi connectivity index (χ0n) is 12.2. The molecule has 0 spiro atoms. The van der Waals surface area contributed by atoms with Gasteiger partial charge in [0.2, 0.25) is 0 Å². The molecule has 0 bridgehead atoms. The quantitative estimate of drug-likeness (QED) is 0.788. The van der Waals surface area contributed by atoms with Gasteiger partial charge in [-0.05, 0) is 23.3 Å². The van der Waals surface area contributed by atoms with Gasteiger partial charge in [-0.3, -0.25) is 0 Å². The van der Waals surface area contributed by atoms with Gasteiger partial charge < -0.3 is 18.8 Å². The van der Waals surface area contributed by atoms with Crippen molar-refractivity contribution in [2.45, 2.75) is 13.2 Å². The van der Waals surface area contributed by atoms with Crippen LogP contribution < -0.4 is 14.8 Å². The summed E-state index contributed by atoms with van der Waals surface area (Å²) in [7, 11) is 2.90. The van der Waals surface area contributed by atoms with Crippen molar-refractivity contribution in [2.75, 3.05) is 14.2 Å². The monoisotopic (exact) mass is 284 g/mol. The largest absolute Gasteiger partial charge is 0.633 e. The molecule has 0 radical (unpaired) electrons. The SMILES string of the molecule is COCc1cccc(COC)c1B1Oc2ccccc2O1. The van der Waals surface area contributed by atoms with Crippen molar-refractivity contribution in [1.82, 2.24) is 0 Å². The fourth-order valence-corrected chi connectivity index (χ4v) is 2.55. The van der Waals surface area contributed by atoms with Gasteiger partial charge in [-0.1, -0.05) is 30.3 Å². The molecule has 0 aliphatic carbocycles. The van der Waals surface area contributed by atoms with Crippen LogP contribution in [0.25, 0.3) is 0 Å². The second-order valence-corrected chi connectivity index (χ2v) is 4.87. The highest BCUT2D eigenvalue weighted by atomic mass is 16.6. The first kappa shape index (κ1) is 14.0. The lowest BCUT2D eigenvalue weighted by atomic mass is 9.73. The lowest BCUT2D eigenvalue weighted by Crippen LogP contribution is -2.43. The number of hydrogen-bond acceptors (Lipinski definition) is 4. The molecule has 2 aromatic rings. The Morgan fingerprint density at radius 1 is 0.810 bits per heavy atom. The number of hydrogen-bond donors (Lipinski definition) is 0. The van der Waals surface area contributed by atoms with Crippen LogP contribution in [-0.4, -0.2) is 21.3 Å². The molecule has 0 unspecified atom stereocenters. The molecule has 5 heteroatoms. The van der Waals surface area contributed by atoms with E-state index in [2.05, 4.69) is 0 Å². The highest BCUT2D eigenvalue weighted by Gasteiger charge is 2.37. The van der Waals surface area contributed by atoms with Crippen LogP contribution in [0.1, 0.15) is 11.1 Å². The first-order valence-corrected chi connectivity index (χ1v) is 6.84. The zero-order chi connectivity index (χ0) is 14.7. The Hall–Kier alpha value is -1.98. The van der Waals surface area contributed by atoms with Gasteiger partial charge in [-0.2, -0.15) is 0 Å². The molecular formula is C16H17BO4. The van der Waals surface area contributed by atoms with E-state index in [1.165, 1.54) is 0 Å².